The number of rotatable bonds is 4. The molecule has 0 radical (unpaired) electrons. The van der Waals surface area contributed by atoms with Crippen molar-refractivity contribution in [3.63, 3.8) is 0 Å². The predicted octanol–water partition coefficient (Wildman–Crippen LogP) is 1.43. The number of benzene rings is 3. The van der Waals surface area contributed by atoms with Crippen LogP contribution < -0.4 is 33.3 Å². The fourth-order valence-electron chi connectivity index (χ4n) is 3.76. The molecule has 3 aromatic carbocycles. The summed E-state index contributed by atoms with van der Waals surface area (Å²) in [6.07, 6.45) is 0. The van der Waals surface area contributed by atoms with E-state index in [1.807, 2.05) is 6.07 Å². The number of nitrogen functional groups attached to an aromatic ring is 1. The van der Waals surface area contributed by atoms with E-state index in [-0.39, 0.29) is 12.4 Å². The lowest BCUT2D eigenvalue weighted by Crippen LogP contribution is -3.00. The number of nitrogens with zero attached hydrogens (tertiary/aromatic N) is 2. The number of hydrogen-bond acceptors (Lipinski definition) is 3. The zero-order valence-electron chi connectivity index (χ0n) is 15.7. The first kappa shape index (κ1) is 19.1. The molecule has 0 saturated heterocycles. The molecule has 0 amide bonds. The van der Waals surface area contributed by atoms with Gasteiger partial charge in [-0.15, -0.1) is 0 Å². The fourth-order valence-corrected chi connectivity index (χ4v) is 3.76. The van der Waals surface area contributed by atoms with Gasteiger partial charge in [-0.3, -0.25) is 10.2 Å². The number of quaternary nitrogens is 1. The van der Waals surface area contributed by atoms with Crippen molar-refractivity contribution >= 4 is 39.8 Å². The van der Waals surface area contributed by atoms with Crippen LogP contribution in [0.4, 0.5) is 39.8 Å². The highest BCUT2D eigenvalue weighted by atomic mass is 35.5. The zero-order chi connectivity index (χ0) is 18.1. The van der Waals surface area contributed by atoms with E-state index in [0.717, 1.165) is 35.8 Å². The van der Waals surface area contributed by atoms with Gasteiger partial charge in [-0.05, 0) is 50.2 Å². The van der Waals surface area contributed by atoms with Crippen LogP contribution in [0.25, 0.3) is 0 Å². The summed E-state index contributed by atoms with van der Waals surface area (Å²) in [6.45, 7) is 6.37. The van der Waals surface area contributed by atoms with Crippen molar-refractivity contribution < 1.29 is 17.7 Å². The molecule has 1 aliphatic heterocycles. The van der Waals surface area contributed by atoms with E-state index >= 15 is 0 Å². The van der Waals surface area contributed by atoms with E-state index in [1.165, 1.54) is 17.1 Å². The van der Waals surface area contributed by atoms with Crippen molar-refractivity contribution in [1.29, 1.82) is 0 Å². The third-order valence-corrected chi connectivity index (χ3v) is 5.01. The van der Waals surface area contributed by atoms with E-state index in [9.17, 15) is 0 Å². The van der Waals surface area contributed by atoms with Crippen molar-refractivity contribution in [1.82, 2.24) is 0 Å². The molecule has 0 unspecified atom stereocenters. The largest absolute Gasteiger partial charge is 1.00 e. The standard InChI is InChI=1S/C22H24N4.ClH/c1-3-25(4-2)20-11-8-12-21-22(20)24-18-15-16(23)13-14-19(18)26(21)17-9-6-5-7-10-17;/h5-15,24H,3-4,23H2,1-2H3;1H. The summed E-state index contributed by atoms with van der Waals surface area (Å²) >= 11 is 0. The van der Waals surface area contributed by atoms with Gasteiger partial charge >= 0.3 is 0 Å². The first-order valence-corrected chi connectivity index (χ1v) is 9.20. The van der Waals surface area contributed by atoms with Crippen LogP contribution in [-0.2, 0) is 0 Å². The predicted molar refractivity (Wildman–Crippen MR) is 110 cm³/mol. The van der Waals surface area contributed by atoms with Gasteiger partial charge in [0.1, 0.15) is 17.1 Å². The van der Waals surface area contributed by atoms with Crippen LogP contribution in [0.3, 0.4) is 0 Å². The molecule has 5 heteroatoms. The lowest BCUT2D eigenvalue weighted by molar-refractivity contribution is -0.477. The number of nitrogens with two attached hydrogens (primary N) is 2. The molecule has 0 atom stereocenters. The Balaban J connectivity index is 0.00000210. The summed E-state index contributed by atoms with van der Waals surface area (Å²) < 4.78 is 0. The second kappa shape index (κ2) is 7.91. The van der Waals surface area contributed by atoms with Gasteiger partial charge in [0.2, 0.25) is 0 Å². The Kier molecular flexibility index (Phi) is 5.59. The van der Waals surface area contributed by atoms with Crippen LogP contribution in [0, 0.1) is 0 Å². The van der Waals surface area contributed by atoms with E-state index in [1.54, 1.807) is 0 Å². The highest BCUT2D eigenvalue weighted by molar-refractivity contribution is 5.93. The minimum Gasteiger partial charge on any atom is -1.00 e. The van der Waals surface area contributed by atoms with Crippen molar-refractivity contribution in [3.8, 4) is 0 Å². The normalized spacial score (nSPS) is 12.0. The minimum absolute atomic E-state index is 0. The van der Waals surface area contributed by atoms with Crippen LogP contribution >= 0.6 is 0 Å². The quantitative estimate of drug-likeness (QED) is 0.526. The molecule has 0 bridgehead atoms. The summed E-state index contributed by atoms with van der Waals surface area (Å²) in [5, 5.41) is 2.27. The van der Waals surface area contributed by atoms with Gasteiger partial charge in [-0.2, -0.15) is 0 Å². The van der Waals surface area contributed by atoms with Crippen LogP contribution in [0.5, 0.6) is 0 Å². The average Bonchev–Trinajstić information content (AvgIpc) is 2.68. The van der Waals surface area contributed by atoms with Crippen LogP contribution in [0.2, 0.25) is 0 Å². The van der Waals surface area contributed by atoms with Crippen molar-refractivity contribution in [2.75, 3.05) is 28.6 Å². The highest BCUT2D eigenvalue weighted by Gasteiger charge is 2.30. The summed E-state index contributed by atoms with van der Waals surface area (Å²) in [4.78, 5) is 4.73. The Morgan fingerprint density at radius 3 is 2.33 bits per heavy atom. The topological polar surface area (TPSA) is 49.1 Å². The molecular weight excluding hydrogens is 356 g/mol. The van der Waals surface area contributed by atoms with Crippen LogP contribution in [0.15, 0.2) is 66.7 Å². The third-order valence-electron chi connectivity index (χ3n) is 5.01. The Morgan fingerprint density at radius 2 is 1.63 bits per heavy atom. The zero-order valence-corrected chi connectivity index (χ0v) is 16.4. The average molecular weight is 381 g/mol. The maximum absolute atomic E-state index is 6.09. The summed E-state index contributed by atoms with van der Waals surface area (Å²) in [5.74, 6) is 0. The number of hydrogen-bond donors (Lipinski definition) is 2. The maximum atomic E-state index is 6.09. The molecule has 0 fully saturated rings. The van der Waals surface area contributed by atoms with Gasteiger partial charge in [-0.25, -0.2) is 0 Å². The molecule has 4 nitrogen and oxygen atoms in total. The van der Waals surface area contributed by atoms with E-state index in [0.29, 0.717) is 0 Å². The molecule has 4 rings (SSSR count). The van der Waals surface area contributed by atoms with Crippen LogP contribution in [0.1, 0.15) is 13.8 Å². The van der Waals surface area contributed by atoms with Crippen molar-refractivity contribution in [2.24, 2.45) is 0 Å². The third kappa shape index (κ3) is 3.34. The van der Waals surface area contributed by atoms with E-state index < -0.39 is 0 Å². The number of fused-ring (bicyclic) bond motifs is 2. The molecule has 27 heavy (non-hydrogen) atoms. The fraction of sp³-hybridized carbons (Fsp3) is 0.182. The van der Waals surface area contributed by atoms with Gasteiger partial charge in [0.25, 0.3) is 0 Å². The highest BCUT2D eigenvalue weighted by Crippen LogP contribution is 2.46. The van der Waals surface area contributed by atoms with Gasteiger partial charge < -0.3 is 23.0 Å². The lowest BCUT2D eigenvalue weighted by atomic mass is 10.1. The summed E-state index contributed by atoms with van der Waals surface area (Å²) in [7, 11) is 0. The van der Waals surface area contributed by atoms with Crippen molar-refractivity contribution in [2.45, 2.75) is 13.8 Å². The Labute approximate surface area is 167 Å². The monoisotopic (exact) mass is 380 g/mol. The smallest absolute Gasteiger partial charge is 0.182 e. The molecule has 0 aromatic heterocycles. The Bertz CT molecular complexity index is 923. The molecule has 0 saturated carbocycles. The van der Waals surface area contributed by atoms with E-state index in [2.05, 4.69) is 89.6 Å². The maximum Gasteiger partial charge on any atom is 0.182 e. The van der Waals surface area contributed by atoms with Crippen LogP contribution in [-0.4, -0.2) is 13.1 Å². The molecule has 3 aromatic rings. The SMILES string of the molecule is CCN(CC)c1cccc2c1[NH2+]c1cc(N)ccc1N2c1ccccc1.[Cl-]. The number of halogens is 1. The Hall–Kier alpha value is -2.69. The summed E-state index contributed by atoms with van der Waals surface area (Å²) in [5.41, 5.74) is 14.1. The Morgan fingerprint density at radius 1 is 0.889 bits per heavy atom. The van der Waals surface area contributed by atoms with Crippen molar-refractivity contribution in [3.05, 3.63) is 66.7 Å². The molecule has 1 heterocycles. The molecule has 1 aliphatic rings. The van der Waals surface area contributed by atoms with Gasteiger partial charge in [-0.1, -0.05) is 24.3 Å². The molecule has 0 aliphatic carbocycles. The second-order valence-corrected chi connectivity index (χ2v) is 6.52. The molecule has 0 spiro atoms. The minimum atomic E-state index is 0. The number of para-hydroxylation sites is 2. The molecular formula is C22H25ClN4. The first-order valence-electron chi connectivity index (χ1n) is 9.20. The van der Waals surface area contributed by atoms with Gasteiger partial charge in [0.05, 0.1) is 0 Å². The number of anilines is 5. The molecule has 4 N–H and O–H groups in total. The second-order valence-electron chi connectivity index (χ2n) is 6.52. The van der Waals surface area contributed by atoms with Gasteiger partial charge in [0, 0.05) is 30.5 Å². The van der Waals surface area contributed by atoms with E-state index in [4.69, 9.17) is 5.73 Å². The molecule has 140 valence electrons. The summed E-state index contributed by atoms with van der Waals surface area (Å²) in [6, 6.07) is 23.2. The first-order chi connectivity index (χ1) is 12.7. The van der Waals surface area contributed by atoms with Gasteiger partial charge in [0.15, 0.2) is 11.4 Å². The lowest BCUT2D eigenvalue weighted by Gasteiger charge is -2.33.